The van der Waals surface area contributed by atoms with Crippen LogP contribution in [0, 0.1) is 0 Å². The summed E-state index contributed by atoms with van der Waals surface area (Å²) in [6, 6.07) is 11.1. The summed E-state index contributed by atoms with van der Waals surface area (Å²) < 4.78 is 14.0. The zero-order valence-electron chi connectivity index (χ0n) is 19.5. The Bertz CT molecular complexity index is 1200. The second-order valence-corrected chi connectivity index (χ2v) is 9.60. The van der Waals surface area contributed by atoms with Crippen molar-refractivity contribution in [3.8, 4) is 11.5 Å². The third kappa shape index (κ3) is 5.38. The van der Waals surface area contributed by atoms with Crippen molar-refractivity contribution in [1.29, 1.82) is 0 Å². The van der Waals surface area contributed by atoms with E-state index in [0.717, 1.165) is 16.5 Å². The van der Waals surface area contributed by atoms with E-state index in [9.17, 15) is 4.79 Å². The third-order valence-corrected chi connectivity index (χ3v) is 5.47. The average Bonchev–Trinajstić information content (AvgIpc) is 2.74. The van der Waals surface area contributed by atoms with Crippen LogP contribution in [0.2, 0.25) is 0 Å². The van der Waals surface area contributed by atoms with E-state index in [4.69, 9.17) is 14.5 Å². The lowest BCUT2D eigenvalue weighted by molar-refractivity contribution is 0.203. The number of ether oxygens (including phenoxy) is 2. The molecule has 1 heterocycles. The number of aromatic nitrogens is 2. The van der Waals surface area contributed by atoms with Gasteiger partial charge in [-0.15, -0.1) is 0 Å². The Hall–Kier alpha value is -2.67. The molecule has 6 nitrogen and oxygen atoms in total. The standard InChI is InChI=1S/C25H30BrN3O3/c1-7-16(3)32-21-12-9-17(13-22(21)31-8-2)15-27-29-23(30)19-14-18(26)10-11-20(19)28-24(29)25(4,5)6/h9-16H,7-8H2,1-6H3/t16-/m0/s1. The first kappa shape index (κ1) is 24.0. The molecule has 1 atom stereocenters. The van der Waals surface area contributed by atoms with Crippen LogP contribution in [0.3, 0.4) is 0 Å². The predicted molar refractivity (Wildman–Crippen MR) is 133 cm³/mol. The molecule has 0 spiro atoms. The lowest BCUT2D eigenvalue weighted by Crippen LogP contribution is -2.29. The van der Waals surface area contributed by atoms with Gasteiger partial charge in [-0.1, -0.05) is 43.6 Å². The molecule has 0 saturated carbocycles. The molecular weight excluding hydrogens is 470 g/mol. The van der Waals surface area contributed by atoms with Crippen molar-refractivity contribution in [2.45, 2.75) is 59.5 Å². The van der Waals surface area contributed by atoms with E-state index in [0.29, 0.717) is 34.8 Å². The minimum atomic E-state index is -0.373. The summed E-state index contributed by atoms with van der Waals surface area (Å²) in [5, 5.41) is 5.05. The number of rotatable bonds is 7. The molecule has 0 saturated heterocycles. The summed E-state index contributed by atoms with van der Waals surface area (Å²) in [5.41, 5.74) is 0.868. The van der Waals surface area contributed by atoms with Crippen molar-refractivity contribution in [2.75, 3.05) is 6.61 Å². The summed E-state index contributed by atoms with van der Waals surface area (Å²) in [4.78, 5) is 18.0. The Morgan fingerprint density at radius 2 is 1.91 bits per heavy atom. The van der Waals surface area contributed by atoms with Crippen LogP contribution in [0.4, 0.5) is 0 Å². The lowest BCUT2D eigenvalue weighted by Gasteiger charge is -2.21. The van der Waals surface area contributed by atoms with E-state index in [1.807, 2.05) is 65.0 Å². The first-order valence-electron chi connectivity index (χ1n) is 10.8. The van der Waals surface area contributed by atoms with E-state index >= 15 is 0 Å². The van der Waals surface area contributed by atoms with Gasteiger partial charge < -0.3 is 9.47 Å². The molecule has 0 bridgehead atoms. The second-order valence-electron chi connectivity index (χ2n) is 8.68. The fourth-order valence-electron chi connectivity index (χ4n) is 3.14. The van der Waals surface area contributed by atoms with E-state index in [2.05, 4.69) is 28.0 Å². The Labute approximate surface area is 197 Å². The minimum absolute atomic E-state index is 0.0876. The van der Waals surface area contributed by atoms with E-state index in [1.165, 1.54) is 4.68 Å². The topological polar surface area (TPSA) is 65.7 Å². The molecule has 3 aromatic rings. The highest BCUT2D eigenvalue weighted by molar-refractivity contribution is 9.10. The van der Waals surface area contributed by atoms with Crippen LogP contribution in [-0.4, -0.2) is 28.6 Å². The van der Waals surface area contributed by atoms with Gasteiger partial charge in [0.25, 0.3) is 5.56 Å². The van der Waals surface area contributed by atoms with Gasteiger partial charge in [0.05, 0.1) is 29.8 Å². The molecule has 170 valence electrons. The SMILES string of the molecule is CCOc1cc(C=Nn2c(C(C)(C)C)nc3ccc(Br)cc3c2=O)ccc1O[C@@H](C)CC. The van der Waals surface area contributed by atoms with Crippen LogP contribution < -0.4 is 15.0 Å². The predicted octanol–water partition coefficient (Wildman–Crippen LogP) is 5.91. The van der Waals surface area contributed by atoms with E-state index in [-0.39, 0.29) is 17.1 Å². The van der Waals surface area contributed by atoms with Gasteiger partial charge in [0.2, 0.25) is 0 Å². The maximum Gasteiger partial charge on any atom is 0.282 e. The smallest absolute Gasteiger partial charge is 0.282 e. The van der Waals surface area contributed by atoms with E-state index < -0.39 is 0 Å². The summed E-state index contributed by atoms with van der Waals surface area (Å²) >= 11 is 3.44. The normalized spacial score (nSPS) is 13.0. The van der Waals surface area contributed by atoms with Crippen molar-refractivity contribution in [3.05, 3.63) is 62.6 Å². The van der Waals surface area contributed by atoms with Gasteiger partial charge in [-0.2, -0.15) is 9.78 Å². The average molecular weight is 500 g/mol. The first-order chi connectivity index (χ1) is 15.1. The molecule has 0 unspecified atom stereocenters. The van der Waals surface area contributed by atoms with Gasteiger partial charge >= 0.3 is 0 Å². The van der Waals surface area contributed by atoms with Crippen LogP contribution in [0.15, 0.2) is 50.8 Å². The molecule has 0 amide bonds. The number of hydrogen-bond acceptors (Lipinski definition) is 5. The monoisotopic (exact) mass is 499 g/mol. The van der Waals surface area contributed by atoms with Crippen LogP contribution in [0.1, 0.15) is 59.4 Å². The molecule has 1 aromatic heterocycles. The summed E-state index contributed by atoms with van der Waals surface area (Å²) in [7, 11) is 0. The Morgan fingerprint density at radius 1 is 1.16 bits per heavy atom. The van der Waals surface area contributed by atoms with Crippen molar-refractivity contribution in [3.63, 3.8) is 0 Å². The second kappa shape index (κ2) is 9.86. The molecule has 7 heteroatoms. The maximum absolute atomic E-state index is 13.3. The molecule has 3 rings (SSSR count). The summed E-state index contributed by atoms with van der Waals surface area (Å²) in [6.45, 7) is 12.6. The number of fused-ring (bicyclic) bond motifs is 1. The Balaban J connectivity index is 2.08. The molecule has 0 aliphatic heterocycles. The van der Waals surface area contributed by atoms with Gasteiger partial charge in [-0.25, -0.2) is 4.98 Å². The third-order valence-electron chi connectivity index (χ3n) is 4.97. The lowest BCUT2D eigenvalue weighted by atomic mass is 9.95. The number of halogens is 1. The van der Waals surface area contributed by atoms with Gasteiger partial charge in [-0.05, 0) is 62.2 Å². The van der Waals surface area contributed by atoms with Gasteiger partial charge in [0.15, 0.2) is 11.5 Å². The van der Waals surface area contributed by atoms with Gasteiger partial charge in [0.1, 0.15) is 5.82 Å². The fourth-order valence-corrected chi connectivity index (χ4v) is 3.50. The minimum Gasteiger partial charge on any atom is -0.490 e. The highest BCUT2D eigenvalue weighted by Gasteiger charge is 2.23. The Kier molecular flexibility index (Phi) is 7.39. The molecule has 0 radical (unpaired) electrons. The summed E-state index contributed by atoms with van der Waals surface area (Å²) in [5.74, 6) is 1.94. The number of benzene rings is 2. The zero-order chi connectivity index (χ0) is 23.5. The molecule has 32 heavy (non-hydrogen) atoms. The van der Waals surface area contributed by atoms with Gasteiger partial charge in [-0.3, -0.25) is 4.79 Å². The van der Waals surface area contributed by atoms with Crippen molar-refractivity contribution in [1.82, 2.24) is 9.66 Å². The van der Waals surface area contributed by atoms with Crippen LogP contribution in [-0.2, 0) is 5.41 Å². The highest BCUT2D eigenvalue weighted by atomic mass is 79.9. The zero-order valence-corrected chi connectivity index (χ0v) is 21.1. The molecular formula is C25H30BrN3O3. The van der Waals surface area contributed by atoms with Gasteiger partial charge in [0, 0.05) is 9.89 Å². The highest BCUT2D eigenvalue weighted by Crippen LogP contribution is 2.29. The van der Waals surface area contributed by atoms with Crippen LogP contribution in [0.5, 0.6) is 11.5 Å². The van der Waals surface area contributed by atoms with Crippen molar-refractivity contribution < 1.29 is 9.47 Å². The van der Waals surface area contributed by atoms with Crippen LogP contribution >= 0.6 is 15.9 Å². The van der Waals surface area contributed by atoms with E-state index in [1.54, 1.807) is 12.3 Å². The molecule has 0 fully saturated rings. The fraction of sp³-hybridized carbons (Fsp3) is 0.400. The number of hydrogen-bond donors (Lipinski definition) is 0. The molecule has 2 aromatic carbocycles. The quantitative estimate of drug-likeness (QED) is 0.378. The first-order valence-corrected chi connectivity index (χ1v) is 11.6. The Morgan fingerprint density at radius 3 is 2.56 bits per heavy atom. The van der Waals surface area contributed by atoms with Crippen molar-refractivity contribution >= 4 is 33.0 Å². The molecule has 0 aliphatic carbocycles. The molecule has 0 aliphatic rings. The largest absolute Gasteiger partial charge is 0.490 e. The maximum atomic E-state index is 13.3. The molecule has 0 N–H and O–H groups in total. The summed E-state index contributed by atoms with van der Waals surface area (Å²) in [6.07, 6.45) is 2.64. The van der Waals surface area contributed by atoms with Crippen LogP contribution in [0.25, 0.3) is 10.9 Å². The number of nitrogens with zero attached hydrogens (tertiary/aromatic N) is 3. The van der Waals surface area contributed by atoms with Crippen molar-refractivity contribution in [2.24, 2.45) is 5.10 Å².